The SMILES string of the molecule is CCC(Cc1csc(-c2ccc(Cl)cc2)n1)C1OC(=O)C(C(c2ccccc2)C2CC2)=C(O)C1=O. The Morgan fingerprint density at radius 2 is 1.83 bits per heavy atom. The Balaban J connectivity index is 1.38. The third-order valence-corrected chi connectivity index (χ3v) is 8.02. The van der Waals surface area contributed by atoms with Crippen molar-refractivity contribution in [3.63, 3.8) is 0 Å². The second-order valence-corrected chi connectivity index (χ2v) is 10.5. The van der Waals surface area contributed by atoms with Crippen molar-refractivity contribution in [2.45, 2.75) is 44.6 Å². The highest BCUT2D eigenvalue weighted by Crippen LogP contribution is 2.48. The summed E-state index contributed by atoms with van der Waals surface area (Å²) in [6.07, 6.45) is 1.97. The van der Waals surface area contributed by atoms with E-state index < -0.39 is 23.6 Å². The zero-order valence-electron chi connectivity index (χ0n) is 19.3. The van der Waals surface area contributed by atoms with Crippen molar-refractivity contribution in [1.29, 1.82) is 0 Å². The van der Waals surface area contributed by atoms with Crippen molar-refractivity contribution in [2.75, 3.05) is 0 Å². The Morgan fingerprint density at radius 1 is 1.11 bits per heavy atom. The predicted octanol–water partition coefficient (Wildman–Crippen LogP) is 6.53. The first-order valence-corrected chi connectivity index (χ1v) is 13.2. The summed E-state index contributed by atoms with van der Waals surface area (Å²) in [5.41, 5.74) is 2.82. The van der Waals surface area contributed by atoms with Gasteiger partial charge in [0, 0.05) is 27.8 Å². The first-order chi connectivity index (χ1) is 17.0. The van der Waals surface area contributed by atoms with E-state index in [1.807, 2.05) is 66.9 Å². The molecule has 2 heterocycles. The average molecular weight is 508 g/mol. The summed E-state index contributed by atoms with van der Waals surface area (Å²) >= 11 is 7.50. The van der Waals surface area contributed by atoms with Gasteiger partial charge in [-0.15, -0.1) is 11.3 Å². The summed E-state index contributed by atoms with van der Waals surface area (Å²) in [6.45, 7) is 1.95. The molecule has 0 amide bonds. The molecule has 5 rings (SSSR count). The smallest absolute Gasteiger partial charge is 0.339 e. The molecule has 0 saturated heterocycles. The summed E-state index contributed by atoms with van der Waals surface area (Å²) < 4.78 is 5.75. The molecular weight excluding hydrogens is 482 g/mol. The number of nitrogens with zero attached hydrogens (tertiary/aromatic N) is 1. The van der Waals surface area contributed by atoms with E-state index in [1.165, 1.54) is 11.3 Å². The molecule has 0 bridgehead atoms. The number of aliphatic hydroxyl groups excluding tert-OH is 1. The lowest BCUT2D eigenvalue weighted by Gasteiger charge is -2.31. The zero-order chi connectivity index (χ0) is 24.5. The third-order valence-electron chi connectivity index (χ3n) is 6.83. The van der Waals surface area contributed by atoms with Gasteiger partial charge in [-0.25, -0.2) is 9.78 Å². The highest BCUT2D eigenvalue weighted by Gasteiger charge is 2.47. The number of ether oxygens (including phenoxy) is 1. The highest BCUT2D eigenvalue weighted by molar-refractivity contribution is 7.13. The number of carbonyl (C=O) groups excluding carboxylic acids is 2. The minimum absolute atomic E-state index is 0.105. The fourth-order valence-corrected chi connectivity index (χ4v) is 5.77. The molecule has 3 atom stereocenters. The maximum atomic E-state index is 13.3. The third kappa shape index (κ3) is 4.91. The van der Waals surface area contributed by atoms with Crippen LogP contribution >= 0.6 is 22.9 Å². The van der Waals surface area contributed by atoms with Crippen LogP contribution in [0, 0.1) is 11.8 Å². The summed E-state index contributed by atoms with van der Waals surface area (Å²) in [5, 5.41) is 14.5. The fourth-order valence-electron chi connectivity index (χ4n) is 4.81. The van der Waals surface area contributed by atoms with E-state index >= 15 is 0 Å². The van der Waals surface area contributed by atoms with Gasteiger partial charge in [0.1, 0.15) is 5.01 Å². The van der Waals surface area contributed by atoms with Gasteiger partial charge in [-0.05, 0) is 49.3 Å². The number of cyclic esters (lactones) is 1. The Morgan fingerprint density at radius 3 is 2.49 bits per heavy atom. The number of hydrogen-bond acceptors (Lipinski definition) is 6. The monoisotopic (exact) mass is 507 g/mol. The van der Waals surface area contributed by atoms with Gasteiger partial charge < -0.3 is 9.84 Å². The van der Waals surface area contributed by atoms with E-state index in [2.05, 4.69) is 0 Å². The second kappa shape index (κ2) is 9.96. The largest absolute Gasteiger partial charge is 0.504 e. The van der Waals surface area contributed by atoms with E-state index in [9.17, 15) is 14.7 Å². The topological polar surface area (TPSA) is 76.5 Å². The number of ketones is 1. The van der Waals surface area contributed by atoms with Gasteiger partial charge >= 0.3 is 5.97 Å². The Hall–Kier alpha value is -2.96. The van der Waals surface area contributed by atoms with Crippen LogP contribution < -0.4 is 0 Å². The normalized spacial score (nSPS) is 20.0. The Labute approximate surface area is 213 Å². The van der Waals surface area contributed by atoms with E-state index in [1.54, 1.807) is 0 Å². The molecule has 1 aliphatic heterocycles. The molecule has 1 fully saturated rings. The number of carbonyl (C=O) groups is 2. The quantitative estimate of drug-likeness (QED) is 0.350. The molecule has 5 nitrogen and oxygen atoms in total. The highest BCUT2D eigenvalue weighted by atomic mass is 35.5. The molecule has 1 aliphatic carbocycles. The fraction of sp³-hybridized carbons (Fsp3) is 0.321. The van der Waals surface area contributed by atoms with Gasteiger partial charge in [-0.2, -0.15) is 0 Å². The minimum Gasteiger partial charge on any atom is -0.504 e. The Bertz CT molecular complexity index is 1260. The van der Waals surface area contributed by atoms with E-state index in [0.717, 1.165) is 34.7 Å². The molecule has 7 heteroatoms. The molecule has 1 saturated carbocycles. The van der Waals surface area contributed by atoms with Crippen LogP contribution in [-0.2, 0) is 20.7 Å². The van der Waals surface area contributed by atoms with Crippen LogP contribution in [0.25, 0.3) is 10.6 Å². The maximum absolute atomic E-state index is 13.3. The van der Waals surface area contributed by atoms with Gasteiger partial charge in [-0.3, -0.25) is 4.79 Å². The van der Waals surface area contributed by atoms with Gasteiger partial charge in [0.15, 0.2) is 11.9 Å². The number of benzene rings is 2. The van der Waals surface area contributed by atoms with Crippen LogP contribution in [0.2, 0.25) is 5.02 Å². The van der Waals surface area contributed by atoms with E-state index in [0.29, 0.717) is 17.9 Å². The maximum Gasteiger partial charge on any atom is 0.339 e. The van der Waals surface area contributed by atoms with Crippen molar-refractivity contribution in [1.82, 2.24) is 4.98 Å². The number of hydrogen-bond donors (Lipinski definition) is 1. The number of aromatic nitrogens is 1. The van der Waals surface area contributed by atoms with Crippen LogP contribution in [-0.4, -0.2) is 27.9 Å². The van der Waals surface area contributed by atoms with E-state index in [-0.39, 0.29) is 23.3 Å². The molecule has 0 radical (unpaired) electrons. The van der Waals surface area contributed by atoms with Crippen molar-refractivity contribution in [3.8, 4) is 10.6 Å². The summed E-state index contributed by atoms with van der Waals surface area (Å²) in [6, 6.07) is 17.1. The molecule has 35 heavy (non-hydrogen) atoms. The standard InChI is InChI=1S/C28H26ClNO4S/c1-2-16(14-21-15-35-27(30-21)19-10-12-20(29)13-11-19)26-25(32)24(31)23(28(33)34-26)22(18-8-9-18)17-6-4-3-5-7-17/h3-7,10-13,15-16,18,22,26,31H,2,8-9,14H2,1H3. The summed E-state index contributed by atoms with van der Waals surface area (Å²) in [4.78, 5) is 31.2. The lowest BCUT2D eigenvalue weighted by atomic mass is 9.82. The van der Waals surface area contributed by atoms with Crippen LogP contribution in [0.4, 0.5) is 0 Å². The van der Waals surface area contributed by atoms with E-state index in [4.69, 9.17) is 21.3 Å². The number of esters is 1. The van der Waals surface area contributed by atoms with Crippen molar-refractivity contribution in [3.05, 3.63) is 87.6 Å². The van der Waals surface area contributed by atoms with Crippen LogP contribution in [0.15, 0.2) is 71.3 Å². The van der Waals surface area contributed by atoms with Crippen molar-refractivity contribution < 1.29 is 19.4 Å². The van der Waals surface area contributed by atoms with Gasteiger partial charge in [0.2, 0.25) is 5.78 Å². The number of Topliss-reactive ketones (excluding diaryl/α,β-unsaturated/α-hetero) is 1. The molecule has 2 aliphatic rings. The zero-order valence-corrected chi connectivity index (χ0v) is 20.9. The lowest BCUT2D eigenvalue weighted by molar-refractivity contribution is -0.158. The molecule has 1 N–H and O–H groups in total. The summed E-state index contributed by atoms with van der Waals surface area (Å²) in [5.74, 6) is -1.92. The molecule has 3 aromatic rings. The summed E-state index contributed by atoms with van der Waals surface area (Å²) in [7, 11) is 0. The first kappa shape index (κ1) is 23.8. The molecule has 1 aromatic heterocycles. The van der Waals surface area contributed by atoms with Crippen LogP contribution in [0.5, 0.6) is 0 Å². The average Bonchev–Trinajstić information content (AvgIpc) is 3.60. The molecule has 2 aromatic carbocycles. The van der Waals surface area contributed by atoms with Crippen molar-refractivity contribution >= 4 is 34.7 Å². The number of rotatable bonds is 8. The lowest BCUT2D eigenvalue weighted by Crippen LogP contribution is -2.42. The van der Waals surface area contributed by atoms with Crippen LogP contribution in [0.1, 0.15) is 43.4 Å². The number of aliphatic hydroxyl groups is 1. The number of halogens is 1. The first-order valence-electron chi connectivity index (χ1n) is 11.9. The van der Waals surface area contributed by atoms with Gasteiger partial charge in [0.05, 0.1) is 11.3 Å². The second-order valence-electron chi connectivity index (χ2n) is 9.20. The molecule has 0 spiro atoms. The minimum atomic E-state index is -1.02. The molecular formula is C28H26ClNO4S. The van der Waals surface area contributed by atoms with Crippen LogP contribution in [0.3, 0.4) is 0 Å². The van der Waals surface area contributed by atoms with Gasteiger partial charge in [0.25, 0.3) is 0 Å². The molecule has 3 unspecified atom stereocenters. The number of thiazole rings is 1. The molecule has 180 valence electrons. The Kier molecular flexibility index (Phi) is 6.76. The van der Waals surface area contributed by atoms with Crippen molar-refractivity contribution in [2.24, 2.45) is 11.8 Å². The van der Waals surface area contributed by atoms with Gasteiger partial charge in [-0.1, -0.05) is 61.0 Å². The predicted molar refractivity (Wildman–Crippen MR) is 136 cm³/mol.